The molecule has 2 aliphatic carbocycles. The number of halogens is 3. The molecule has 0 radical (unpaired) electrons. The molecule has 0 aromatic heterocycles. The average Bonchev–Trinajstić information content (AvgIpc) is 3.29. The molecule has 29 heavy (non-hydrogen) atoms. The number of rotatable bonds is 4. The molecule has 156 valence electrons. The monoisotopic (exact) mass is 410 g/mol. The zero-order valence-electron chi connectivity index (χ0n) is 15.5. The Balaban J connectivity index is 1.64. The maximum atomic E-state index is 13.2. The number of carbonyl (C=O) groups is 2. The highest BCUT2D eigenvalue weighted by molar-refractivity contribution is 5.99. The predicted octanol–water partition coefficient (Wildman–Crippen LogP) is 3.00. The number of carboxylic acid groups (broad SMARTS) is 1. The van der Waals surface area contributed by atoms with Gasteiger partial charge in [0.15, 0.2) is 0 Å². The van der Waals surface area contributed by atoms with Gasteiger partial charge in [-0.15, -0.1) is 0 Å². The van der Waals surface area contributed by atoms with Crippen LogP contribution in [0.4, 0.5) is 24.5 Å². The highest BCUT2D eigenvalue weighted by Gasteiger charge is 2.51. The van der Waals surface area contributed by atoms with Crippen molar-refractivity contribution >= 4 is 23.3 Å². The van der Waals surface area contributed by atoms with E-state index in [9.17, 15) is 27.9 Å². The van der Waals surface area contributed by atoms with Crippen LogP contribution in [0.1, 0.15) is 12.0 Å². The molecule has 1 aromatic carbocycles. The summed E-state index contributed by atoms with van der Waals surface area (Å²) >= 11 is 0. The van der Waals surface area contributed by atoms with Crippen LogP contribution in [0.5, 0.6) is 0 Å². The third-order valence-corrected chi connectivity index (χ3v) is 5.98. The molecular weight excluding hydrogens is 389 g/mol. The minimum absolute atomic E-state index is 0.0441. The van der Waals surface area contributed by atoms with Crippen molar-refractivity contribution in [3.05, 3.63) is 35.9 Å². The Bertz CT molecular complexity index is 849. The number of allylic oxidation sites excluding steroid dienone is 2. The van der Waals surface area contributed by atoms with E-state index in [2.05, 4.69) is 5.32 Å². The Morgan fingerprint density at radius 2 is 1.76 bits per heavy atom. The molecule has 1 aromatic rings. The van der Waals surface area contributed by atoms with Gasteiger partial charge in [-0.3, -0.25) is 9.59 Å². The minimum atomic E-state index is -4.55. The highest BCUT2D eigenvalue weighted by atomic mass is 19.4. The maximum Gasteiger partial charge on any atom is 0.416 e. The minimum Gasteiger partial charge on any atom is -0.481 e. The Hall–Kier alpha value is -2.55. The van der Waals surface area contributed by atoms with E-state index in [0.717, 1.165) is 12.1 Å². The summed E-state index contributed by atoms with van der Waals surface area (Å²) in [5, 5.41) is 12.2. The molecule has 2 bridgehead atoms. The Kier molecular flexibility index (Phi) is 5.02. The SMILES string of the molecule is O=C(O)[C@@H]1[C@H](C(=O)Nc2cc(C(F)(F)F)ccc2N2CCOCC2)[C@@H]2C=C[C@H]1C2. The van der Waals surface area contributed by atoms with Crippen LogP contribution in [0.2, 0.25) is 0 Å². The first kappa shape index (κ1) is 19.8. The number of carbonyl (C=O) groups excluding carboxylic acids is 1. The molecule has 1 saturated carbocycles. The molecule has 1 amide bonds. The standard InChI is InChI=1S/C20H21F3N2O4/c21-20(22,23)13-3-4-15(25-5-7-29-8-6-25)14(10-13)24-18(26)16-11-1-2-12(9-11)17(16)19(27)28/h1-4,10-12,16-17H,5-9H2,(H,24,26)(H,27,28)/t11-,12+,16-,17+/m1/s1. The number of amides is 1. The average molecular weight is 410 g/mol. The van der Waals surface area contributed by atoms with Crippen molar-refractivity contribution in [2.45, 2.75) is 12.6 Å². The number of aliphatic carboxylic acids is 1. The molecular formula is C20H21F3N2O4. The van der Waals surface area contributed by atoms with E-state index in [1.165, 1.54) is 6.07 Å². The highest BCUT2D eigenvalue weighted by Crippen LogP contribution is 2.48. The quantitative estimate of drug-likeness (QED) is 0.747. The molecule has 1 aliphatic heterocycles. The first-order valence-electron chi connectivity index (χ1n) is 9.51. The molecule has 4 atom stereocenters. The van der Waals surface area contributed by atoms with Gasteiger partial charge in [-0.2, -0.15) is 13.2 Å². The number of fused-ring (bicyclic) bond motifs is 2. The molecule has 1 saturated heterocycles. The molecule has 3 aliphatic rings. The van der Waals surface area contributed by atoms with Gasteiger partial charge in [-0.1, -0.05) is 12.2 Å². The fourth-order valence-electron chi connectivity index (χ4n) is 4.62. The molecule has 4 rings (SSSR count). The number of morpholine rings is 1. The second-order valence-electron chi connectivity index (χ2n) is 7.66. The summed E-state index contributed by atoms with van der Waals surface area (Å²) in [6, 6.07) is 3.25. The van der Waals surface area contributed by atoms with Gasteiger partial charge in [-0.05, 0) is 36.5 Å². The topological polar surface area (TPSA) is 78.9 Å². The first-order valence-corrected chi connectivity index (χ1v) is 9.51. The van der Waals surface area contributed by atoms with Crippen molar-refractivity contribution in [3.63, 3.8) is 0 Å². The number of nitrogens with one attached hydrogen (secondary N) is 1. The van der Waals surface area contributed by atoms with Crippen LogP contribution in [-0.4, -0.2) is 43.3 Å². The number of nitrogens with zero attached hydrogens (tertiary/aromatic N) is 1. The second-order valence-corrected chi connectivity index (χ2v) is 7.66. The number of hydrogen-bond acceptors (Lipinski definition) is 4. The van der Waals surface area contributed by atoms with Gasteiger partial charge in [0.1, 0.15) is 0 Å². The summed E-state index contributed by atoms with van der Waals surface area (Å²) in [5.41, 5.74) is -0.352. The van der Waals surface area contributed by atoms with Gasteiger partial charge in [0.25, 0.3) is 0 Å². The van der Waals surface area contributed by atoms with Gasteiger partial charge in [0.2, 0.25) is 5.91 Å². The van der Waals surface area contributed by atoms with Gasteiger partial charge in [0.05, 0.1) is 42.0 Å². The second kappa shape index (κ2) is 7.37. The number of carboxylic acids is 1. The zero-order chi connectivity index (χ0) is 20.8. The van der Waals surface area contributed by atoms with Gasteiger partial charge in [0, 0.05) is 13.1 Å². The lowest BCUT2D eigenvalue weighted by molar-refractivity contribution is -0.146. The van der Waals surface area contributed by atoms with Crippen LogP contribution >= 0.6 is 0 Å². The molecule has 0 spiro atoms. The van der Waals surface area contributed by atoms with Crippen molar-refractivity contribution in [1.82, 2.24) is 0 Å². The van der Waals surface area contributed by atoms with Crippen molar-refractivity contribution in [2.24, 2.45) is 23.7 Å². The maximum absolute atomic E-state index is 13.2. The molecule has 6 nitrogen and oxygen atoms in total. The largest absolute Gasteiger partial charge is 0.481 e. The van der Waals surface area contributed by atoms with Crippen LogP contribution in [0.15, 0.2) is 30.4 Å². The van der Waals surface area contributed by atoms with E-state index in [1.54, 1.807) is 0 Å². The Labute approximate surface area is 165 Å². The fourth-order valence-corrected chi connectivity index (χ4v) is 4.62. The normalized spacial score (nSPS) is 28.6. The molecule has 2 N–H and O–H groups in total. The number of alkyl halides is 3. The summed E-state index contributed by atoms with van der Waals surface area (Å²) in [7, 11) is 0. The summed E-state index contributed by atoms with van der Waals surface area (Å²) in [5.74, 6) is -3.69. The molecule has 0 unspecified atom stereocenters. The van der Waals surface area contributed by atoms with E-state index in [1.807, 2.05) is 17.1 Å². The molecule has 1 heterocycles. The van der Waals surface area contributed by atoms with Crippen molar-refractivity contribution in [2.75, 3.05) is 36.5 Å². The lowest BCUT2D eigenvalue weighted by Crippen LogP contribution is -2.38. The van der Waals surface area contributed by atoms with E-state index in [4.69, 9.17) is 4.74 Å². The first-order chi connectivity index (χ1) is 13.8. The fraction of sp³-hybridized carbons (Fsp3) is 0.500. The van der Waals surface area contributed by atoms with Crippen LogP contribution in [0.25, 0.3) is 0 Å². The number of ether oxygens (including phenoxy) is 1. The zero-order valence-corrected chi connectivity index (χ0v) is 15.5. The van der Waals surface area contributed by atoms with Crippen molar-refractivity contribution in [1.29, 1.82) is 0 Å². The summed E-state index contributed by atoms with van der Waals surface area (Å²) in [6.07, 6.45) is -0.324. The summed E-state index contributed by atoms with van der Waals surface area (Å²) in [4.78, 5) is 26.5. The molecule has 9 heteroatoms. The van der Waals surface area contributed by atoms with E-state index >= 15 is 0 Å². The van der Waals surface area contributed by atoms with Gasteiger partial charge >= 0.3 is 12.1 Å². The lowest BCUT2D eigenvalue weighted by Gasteiger charge is -2.31. The van der Waals surface area contributed by atoms with Crippen molar-refractivity contribution in [3.8, 4) is 0 Å². The van der Waals surface area contributed by atoms with Gasteiger partial charge < -0.3 is 20.1 Å². The third kappa shape index (κ3) is 3.71. The van der Waals surface area contributed by atoms with Crippen molar-refractivity contribution < 1.29 is 32.6 Å². The smallest absolute Gasteiger partial charge is 0.416 e. The van der Waals surface area contributed by atoms with Crippen LogP contribution in [0, 0.1) is 23.7 Å². The molecule has 2 fully saturated rings. The number of anilines is 2. The van der Waals surface area contributed by atoms with Gasteiger partial charge in [-0.25, -0.2) is 0 Å². The predicted molar refractivity (Wildman–Crippen MR) is 98.5 cm³/mol. The summed E-state index contributed by atoms with van der Waals surface area (Å²) in [6.45, 7) is 1.85. The van der Waals surface area contributed by atoms with Crippen LogP contribution in [0.3, 0.4) is 0 Å². The third-order valence-electron chi connectivity index (χ3n) is 5.98. The lowest BCUT2D eigenvalue weighted by atomic mass is 9.82. The van der Waals surface area contributed by atoms with E-state index in [0.29, 0.717) is 38.4 Å². The summed E-state index contributed by atoms with van der Waals surface area (Å²) < 4.78 is 45.0. The van der Waals surface area contributed by atoms with E-state index < -0.39 is 35.5 Å². The Morgan fingerprint density at radius 1 is 1.10 bits per heavy atom. The van der Waals surface area contributed by atoms with E-state index in [-0.39, 0.29) is 17.5 Å². The van der Waals surface area contributed by atoms with Crippen LogP contribution < -0.4 is 10.2 Å². The number of benzene rings is 1. The Morgan fingerprint density at radius 3 is 2.38 bits per heavy atom. The number of hydrogen-bond donors (Lipinski definition) is 2. The van der Waals surface area contributed by atoms with Crippen LogP contribution in [-0.2, 0) is 20.5 Å².